The van der Waals surface area contributed by atoms with Crippen LogP contribution in [0.25, 0.3) is 0 Å². The van der Waals surface area contributed by atoms with Gasteiger partial charge >= 0.3 is 5.97 Å². The monoisotopic (exact) mass is 390 g/mol. The van der Waals surface area contributed by atoms with E-state index in [0.29, 0.717) is 0 Å². The number of ether oxygens (including phenoxy) is 1. The van der Waals surface area contributed by atoms with Crippen LogP contribution in [0.15, 0.2) is 42.5 Å². The summed E-state index contributed by atoms with van der Waals surface area (Å²) in [5.41, 5.74) is 1.65. The molecule has 1 N–H and O–H groups in total. The van der Waals surface area contributed by atoms with E-state index >= 15 is 0 Å². The number of rotatable bonds is 7. The summed E-state index contributed by atoms with van der Waals surface area (Å²) in [7, 11) is 0. The van der Waals surface area contributed by atoms with Crippen molar-refractivity contribution in [3.8, 4) is 0 Å². The number of nitrogens with one attached hydrogen (secondary N) is 1. The van der Waals surface area contributed by atoms with E-state index in [2.05, 4.69) is 5.32 Å². The number of carbonyl (C=O) groups is 2. The Morgan fingerprint density at radius 3 is 2.44 bits per heavy atom. The van der Waals surface area contributed by atoms with E-state index in [1.165, 1.54) is 12.1 Å². The fraction of sp³-hybridized carbons (Fsp3) is 0.263. The standard InChI is InChI=1S/C19H19ClN2O5/c1-3-27-18(23)11-17(13-6-4-12(2)5-7-13)21-19(24)15-9-8-14(22(25)26)10-16(15)20/h4-10,17H,3,11H2,1-2H3,(H,21,24)/t17-/m1/s1. The van der Waals surface area contributed by atoms with Gasteiger partial charge in [-0.2, -0.15) is 0 Å². The lowest BCUT2D eigenvalue weighted by molar-refractivity contribution is -0.384. The fourth-order valence-corrected chi connectivity index (χ4v) is 2.74. The van der Waals surface area contributed by atoms with Gasteiger partial charge in [0.15, 0.2) is 0 Å². The Labute approximate surface area is 161 Å². The van der Waals surface area contributed by atoms with Crippen LogP contribution in [-0.2, 0) is 9.53 Å². The van der Waals surface area contributed by atoms with Gasteiger partial charge in [-0.3, -0.25) is 19.7 Å². The Kier molecular flexibility index (Phi) is 6.90. The quantitative estimate of drug-likeness (QED) is 0.438. The van der Waals surface area contributed by atoms with Crippen molar-refractivity contribution in [2.24, 2.45) is 0 Å². The first-order valence-electron chi connectivity index (χ1n) is 8.28. The highest BCUT2D eigenvalue weighted by Crippen LogP contribution is 2.24. The average Bonchev–Trinajstić information content (AvgIpc) is 2.61. The maximum absolute atomic E-state index is 12.6. The second kappa shape index (κ2) is 9.14. The fourth-order valence-electron chi connectivity index (χ4n) is 2.48. The average molecular weight is 391 g/mol. The molecule has 2 rings (SSSR count). The van der Waals surface area contributed by atoms with Crippen LogP contribution in [0.4, 0.5) is 5.69 Å². The summed E-state index contributed by atoms with van der Waals surface area (Å²) in [5, 5.41) is 13.5. The minimum atomic E-state index is -0.622. The van der Waals surface area contributed by atoms with Crippen molar-refractivity contribution in [1.29, 1.82) is 0 Å². The third kappa shape index (κ3) is 5.52. The van der Waals surface area contributed by atoms with Gasteiger partial charge in [-0.15, -0.1) is 0 Å². The predicted octanol–water partition coefficient (Wildman–Crippen LogP) is 3.98. The molecule has 0 aromatic heterocycles. The largest absolute Gasteiger partial charge is 0.466 e. The third-order valence-corrected chi connectivity index (χ3v) is 4.18. The van der Waals surface area contributed by atoms with Crippen LogP contribution in [0, 0.1) is 17.0 Å². The number of nitro benzene ring substituents is 1. The van der Waals surface area contributed by atoms with E-state index in [-0.39, 0.29) is 29.3 Å². The van der Waals surface area contributed by atoms with Crippen molar-refractivity contribution >= 4 is 29.2 Å². The van der Waals surface area contributed by atoms with Gasteiger partial charge < -0.3 is 10.1 Å². The van der Waals surface area contributed by atoms with Crippen LogP contribution < -0.4 is 5.32 Å². The molecule has 1 amide bonds. The number of aryl methyl sites for hydroxylation is 1. The molecule has 0 spiro atoms. The smallest absolute Gasteiger partial charge is 0.308 e. The van der Waals surface area contributed by atoms with Crippen LogP contribution in [-0.4, -0.2) is 23.4 Å². The number of carbonyl (C=O) groups excluding carboxylic acids is 2. The zero-order valence-corrected chi connectivity index (χ0v) is 15.7. The summed E-state index contributed by atoms with van der Waals surface area (Å²) in [4.78, 5) is 34.8. The minimum absolute atomic E-state index is 0.0412. The van der Waals surface area contributed by atoms with Crippen molar-refractivity contribution in [1.82, 2.24) is 5.32 Å². The van der Waals surface area contributed by atoms with Gasteiger partial charge in [-0.25, -0.2) is 0 Å². The normalized spacial score (nSPS) is 11.5. The van der Waals surface area contributed by atoms with Crippen LogP contribution in [0.1, 0.15) is 40.9 Å². The lowest BCUT2D eigenvalue weighted by atomic mass is 10.0. The van der Waals surface area contributed by atoms with Gasteiger partial charge in [-0.05, 0) is 25.5 Å². The van der Waals surface area contributed by atoms with E-state index < -0.39 is 22.8 Å². The molecule has 0 unspecified atom stereocenters. The predicted molar refractivity (Wildman–Crippen MR) is 101 cm³/mol. The first-order chi connectivity index (χ1) is 12.8. The topological polar surface area (TPSA) is 98.5 Å². The Bertz CT molecular complexity index is 852. The number of nitrogens with zero attached hydrogens (tertiary/aromatic N) is 1. The highest BCUT2D eigenvalue weighted by molar-refractivity contribution is 6.34. The summed E-state index contributed by atoms with van der Waals surface area (Å²) in [5.74, 6) is -0.983. The number of hydrogen-bond acceptors (Lipinski definition) is 5. The highest BCUT2D eigenvalue weighted by atomic mass is 35.5. The summed E-state index contributed by atoms with van der Waals surface area (Å²) < 4.78 is 4.98. The number of benzene rings is 2. The number of amides is 1. The second-order valence-electron chi connectivity index (χ2n) is 5.87. The van der Waals surface area contributed by atoms with Gasteiger partial charge in [0.05, 0.1) is 34.6 Å². The molecule has 0 bridgehead atoms. The van der Waals surface area contributed by atoms with Crippen LogP contribution in [0.5, 0.6) is 0 Å². The summed E-state index contributed by atoms with van der Waals surface area (Å²) in [6, 6.07) is 10.4. The van der Waals surface area contributed by atoms with Gasteiger partial charge in [0, 0.05) is 12.1 Å². The Hall–Kier alpha value is -2.93. The van der Waals surface area contributed by atoms with Gasteiger partial charge in [0.2, 0.25) is 0 Å². The summed E-state index contributed by atoms with van der Waals surface area (Å²) >= 11 is 6.02. The maximum atomic E-state index is 12.6. The summed E-state index contributed by atoms with van der Waals surface area (Å²) in [6.07, 6.45) is -0.0484. The third-order valence-electron chi connectivity index (χ3n) is 3.87. The number of hydrogen-bond donors (Lipinski definition) is 1. The lowest BCUT2D eigenvalue weighted by Gasteiger charge is -2.19. The van der Waals surface area contributed by atoms with Gasteiger partial charge in [0.1, 0.15) is 0 Å². The second-order valence-corrected chi connectivity index (χ2v) is 6.27. The molecule has 0 radical (unpaired) electrons. The summed E-state index contributed by atoms with van der Waals surface area (Å²) in [6.45, 7) is 3.87. The molecule has 0 saturated heterocycles. The molecule has 0 aliphatic heterocycles. The van der Waals surface area contributed by atoms with Gasteiger partial charge in [0.25, 0.3) is 11.6 Å². The van der Waals surface area contributed by atoms with Crippen molar-refractivity contribution in [3.05, 3.63) is 74.3 Å². The first-order valence-corrected chi connectivity index (χ1v) is 8.66. The molecular weight excluding hydrogens is 372 g/mol. The molecule has 0 aliphatic rings. The maximum Gasteiger partial charge on any atom is 0.308 e. The van der Waals surface area contributed by atoms with Crippen LogP contribution >= 0.6 is 11.6 Å². The molecule has 2 aromatic carbocycles. The molecular formula is C19H19ClN2O5. The van der Waals surface area contributed by atoms with E-state index in [9.17, 15) is 19.7 Å². The first kappa shape index (κ1) is 20.4. The molecule has 0 aliphatic carbocycles. The Morgan fingerprint density at radius 1 is 1.22 bits per heavy atom. The van der Waals surface area contributed by atoms with E-state index in [1.807, 2.05) is 31.2 Å². The Morgan fingerprint density at radius 2 is 1.89 bits per heavy atom. The SMILES string of the molecule is CCOC(=O)C[C@@H](NC(=O)c1ccc([N+](=O)[O-])cc1Cl)c1ccc(C)cc1. The molecule has 27 heavy (non-hydrogen) atoms. The van der Waals surface area contributed by atoms with Crippen LogP contribution in [0.2, 0.25) is 5.02 Å². The van der Waals surface area contributed by atoms with E-state index in [1.54, 1.807) is 6.92 Å². The van der Waals surface area contributed by atoms with E-state index in [4.69, 9.17) is 16.3 Å². The highest BCUT2D eigenvalue weighted by Gasteiger charge is 2.22. The zero-order chi connectivity index (χ0) is 20.0. The number of halogens is 1. The van der Waals surface area contributed by atoms with E-state index in [0.717, 1.165) is 17.2 Å². The van der Waals surface area contributed by atoms with Crippen molar-refractivity contribution < 1.29 is 19.2 Å². The van der Waals surface area contributed by atoms with Gasteiger partial charge in [-0.1, -0.05) is 41.4 Å². The number of non-ortho nitro benzene ring substituents is 1. The zero-order valence-electron chi connectivity index (χ0n) is 14.9. The van der Waals surface area contributed by atoms with Crippen molar-refractivity contribution in [2.45, 2.75) is 26.3 Å². The molecule has 142 valence electrons. The van der Waals surface area contributed by atoms with Crippen LogP contribution in [0.3, 0.4) is 0 Å². The number of esters is 1. The molecule has 0 heterocycles. The van der Waals surface area contributed by atoms with Crippen molar-refractivity contribution in [2.75, 3.05) is 6.61 Å². The minimum Gasteiger partial charge on any atom is -0.466 e. The molecule has 1 atom stereocenters. The number of nitro groups is 1. The molecule has 7 nitrogen and oxygen atoms in total. The molecule has 0 saturated carbocycles. The Balaban J connectivity index is 2.25. The molecule has 0 fully saturated rings. The molecule has 8 heteroatoms. The van der Waals surface area contributed by atoms with Crippen molar-refractivity contribution in [3.63, 3.8) is 0 Å². The molecule has 2 aromatic rings. The lowest BCUT2D eigenvalue weighted by Crippen LogP contribution is -2.31.